The van der Waals surface area contributed by atoms with Gasteiger partial charge in [0.25, 0.3) is 11.6 Å². The predicted octanol–water partition coefficient (Wildman–Crippen LogP) is 5.95. The summed E-state index contributed by atoms with van der Waals surface area (Å²) < 4.78 is 5.03. The number of benzene rings is 4. The molecular weight excluding hydrogens is 516 g/mol. The summed E-state index contributed by atoms with van der Waals surface area (Å²) in [7, 11) is 1.38. The van der Waals surface area contributed by atoms with Crippen LogP contribution in [0.15, 0.2) is 75.7 Å². The van der Waals surface area contributed by atoms with Crippen molar-refractivity contribution >= 4 is 62.1 Å². The van der Waals surface area contributed by atoms with Crippen LogP contribution in [0.2, 0.25) is 5.02 Å². The monoisotopic (exact) mass is 532 g/mol. The number of aromatic hydroxyl groups is 1. The molecule has 0 aliphatic rings. The first-order valence-electron chi connectivity index (χ1n) is 11.0. The number of carbonyl (C=O) groups is 1. The van der Waals surface area contributed by atoms with Gasteiger partial charge in [-0.3, -0.25) is 14.9 Å². The molecule has 1 amide bonds. The number of imidazole rings is 1. The molecule has 0 radical (unpaired) electrons. The number of nitro groups is 1. The Labute approximate surface area is 217 Å². The fourth-order valence-electron chi connectivity index (χ4n) is 3.90. The maximum atomic E-state index is 13.2. The summed E-state index contributed by atoms with van der Waals surface area (Å²) in [4.78, 5) is 40.9. The van der Waals surface area contributed by atoms with Crippen LogP contribution in [0.3, 0.4) is 0 Å². The van der Waals surface area contributed by atoms with E-state index in [2.05, 4.69) is 25.5 Å². The standard InChI is InChI=1S/C25H17ClN6O6/c1-38-13-6-7-17(21(9-13)32(36)37)30-31-22-14-5-3-2-4-12(14)8-15(23(22)33)24(34)27-18-11-20-19(10-16(18)26)28-25(35)29-20/h2-11,33H,1H3,(H,27,34)(H2,28,29,35). The number of phenolic OH excluding ortho intramolecular Hbond substituents is 1. The molecule has 0 bridgehead atoms. The molecule has 12 nitrogen and oxygen atoms in total. The van der Waals surface area contributed by atoms with Crippen LogP contribution in [-0.2, 0) is 0 Å². The smallest absolute Gasteiger partial charge is 0.323 e. The molecule has 190 valence electrons. The number of hydrogen-bond acceptors (Lipinski definition) is 8. The third kappa shape index (κ3) is 4.51. The number of hydrogen-bond donors (Lipinski definition) is 4. The maximum Gasteiger partial charge on any atom is 0.323 e. The summed E-state index contributed by atoms with van der Waals surface area (Å²) >= 11 is 6.28. The molecule has 0 fully saturated rings. The number of phenols is 1. The molecule has 4 N–H and O–H groups in total. The molecule has 0 unspecified atom stereocenters. The van der Waals surface area contributed by atoms with Gasteiger partial charge in [0.2, 0.25) is 0 Å². The molecule has 13 heteroatoms. The van der Waals surface area contributed by atoms with Crippen molar-refractivity contribution in [3.8, 4) is 11.5 Å². The van der Waals surface area contributed by atoms with Crippen molar-refractivity contribution < 1.29 is 19.6 Å². The van der Waals surface area contributed by atoms with E-state index in [1.165, 1.54) is 43.5 Å². The predicted molar refractivity (Wildman–Crippen MR) is 141 cm³/mol. The van der Waals surface area contributed by atoms with Crippen molar-refractivity contribution in [1.29, 1.82) is 0 Å². The third-order valence-electron chi connectivity index (χ3n) is 5.73. The molecule has 5 rings (SSSR count). The quantitative estimate of drug-likeness (QED) is 0.119. The molecule has 5 aromatic rings. The maximum absolute atomic E-state index is 13.2. The first-order chi connectivity index (χ1) is 18.2. The number of fused-ring (bicyclic) bond motifs is 2. The lowest BCUT2D eigenvalue weighted by atomic mass is 10.0. The van der Waals surface area contributed by atoms with Crippen molar-refractivity contribution in [3.63, 3.8) is 0 Å². The zero-order valence-electron chi connectivity index (χ0n) is 19.5. The Balaban J connectivity index is 1.58. The molecule has 4 aromatic carbocycles. The first-order valence-corrected chi connectivity index (χ1v) is 11.3. The molecule has 0 atom stereocenters. The zero-order valence-corrected chi connectivity index (χ0v) is 20.2. The second kappa shape index (κ2) is 9.67. The van der Waals surface area contributed by atoms with Gasteiger partial charge >= 0.3 is 5.69 Å². The number of ether oxygens (including phenoxy) is 1. The summed E-state index contributed by atoms with van der Waals surface area (Å²) in [6.07, 6.45) is 0. The van der Waals surface area contributed by atoms with Gasteiger partial charge < -0.3 is 25.1 Å². The number of aromatic amines is 2. The van der Waals surface area contributed by atoms with Crippen LogP contribution in [0.25, 0.3) is 21.8 Å². The number of anilines is 1. The Hall–Kier alpha value is -5.23. The summed E-state index contributed by atoms with van der Waals surface area (Å²) in [5, 5.41) is 34.5. The van der Waals surface area contributed by atoms with Crippen molar-refractivity contribution in [3.05, 3.63) is 91.8 Å². The number of aromatic nitrogens is 2. The Bertz CT molecular complexity index is 1840. The molecule has 0 aliphatic carbocycles. The van der Waals surface area contributed by atoms with E-state index in [1.54, 1.807) is 24.3 Å². The van der Waals surface area contributed by atoms with Gasteiger partial charge in [-0.25, -0.2) is 4.79 Å². The van der Waals surface area contributed by atoms with Crippen molar-refractivity contribution in [2.24, 2.45) is 10.2 Å². The highest BCUT2D eigenvalue weighted by Crippen LogP contribution is 2.41. The summed E-state index contributed by atoms with van der Waals surface area (Å²) in [6, 6.07) is 15.3. The number of nitrogens with one attached hydrogen (secondary N) is 3. The Morgan fingerprint density at radius 3 is 2.55 bits per heavy atom. The highest BCUT2D eigenvalue weighted by molar-refractivity contribution is 6.34. The largest absolute Gasteiger partial charge is 0.505 e. The number of nitro benzene ring substituents is 1. The van der Waals surface area contributed by atoms with E-state index in [9.17, 15) is 24.8 Å². The number of azo groups is 1. The van der Waals surface area contributed by atoms with Crippen molar-refractivity contribution in [2.45, 2.75) is 0 Å². The number of methoxy groups -OCH3 is 1. The number of nitrogens with zero attached hydrogens (tertiary/aromatic N) is 3. The highest BCUT2D eigenvalue weighted by Gasteiger charge is 2.21. The van der Waals surface area contributed by atoms with Crippen LogP contribution in [-0.4, -0.2) is 33.0 Å². The van der Waals surface area contributed by atoms with Crippen molar-refractivity contribution in [1.82, 2.24) is 9.97 Å². The van der Waals surface area contributed by atoms with E-state index in [1.807, 2.05) is 0 Å². The Morgan fingerprint density at radius 2 is 1.82 bits per heavy atom. The Kier molecular flexibility index (Phi) is 6.23. The molecule has 1 aromatic heterocycles. The molecule has 0 aliphatic heterocycles. The number of rotatable bonds is 6. The van der Waals surface area contributed by atoms with E-state index in [-0.39, 0.29) is 39.1 Å². The number of H-pyrrole nitrogens is 2. The molecule has 0 saturated heterocycles. The number of amides is 1. The lowest BCUT2D eigenvalue weighted by Gasteiger charge is -2.12. The van der Waals surface area contributed by atoms with Crippen LogP contribution < -0.4 is 15.7 Å². The van der Waals surface area contributed by atoms with E-state index in [4.69, 9.17) is 16.3 Å². The zero-order chi connectivity index (χ0) is 27.0. The molecule has 0 saturated carbocycles. The van der Waals surface area contributed by atoms with Gasteiger partial charge in [-0.15, -0.1) is 10.2 Å². The average molecular weight is 533 g/mol. The van der Waals surface area contributed by atoms with Gasteiger partial charge in [-0.2, -0.15) is 0 Å². The van der Waals surface area contributed by atoms with Gasteiger partial charge in [0, 0.05) is 5.39 Å². The minimum absolute atomic E-state index is 0.0603. The Morgan fingerprint density at radius 1 is 1.08 bits per heavy atom. The number of carbonyl (C=O) groups excluding carboxylic acids is 1. The lowest BCUT2D eigenvalue weighted by molar-refractivity contribution is -0.384. The fourth-order valence-corrected chi connectivity index (χ4v) is 4.11. The van der Waals surface area contributed by atoms with E-state index in [0.29, 0.717) is 21.8 Å². The van der Waals surface area contributed by atoms with Crippen LogP contribution in [0.1, 0.15) is 10.4 Å². The van der Waals surface area contributed by atoms with Crippen LogP contribution in [0.4, 0.5) is 22.7 Å². The summed E-state index contributed by atoms with van der Waals surface area (Å²) in [6.45, 7) is 0. The van der Waals surface area contributed by atoms with E-state index < -0.39 is 22.3 Å². The fraction of sp³-hybridized carbons (Fsp3) is 0.0400. The molecular formula is C25H17ClN6O6. The van der Waals surface area contributed by atoms with Gasteiger partial charge in [-0.05, 0) is 35.7 Å². The van der Waals surface area contributed by atoms with E-state index in [0.717, 1.165) is 0 Å². The van der Waals surface area contributed by atoms with Crippen LogP contribution in [0, 0.1) is 10.1 Å². The number of halogens is 1. The van der Waals surface area contributed by atoms with Gasteiger partial charge in [-0.1, -0.05) is 35.9 Å². The first kappa shape index (κ1) is 24.5. The second-order valence-corrected chi connectivity index (χ2v) is 8.47. The lowest BCUT2D eigenvalue weighted by Crippen LogP contribution is -2.12. The SMILES string of the molecule is COc1ccc(N=Nc2c(O)c(C(=O)Nc3cc4[nH]c(=O)[nH]c4cc3Cl)cc3ccccc23)c([N+](=O)[O-])c1. The van der Waals surface area contributed by atoms with Gasteiger partial charge in [0.05, 0.1) is 45.4 Å². The van der Waals surface area contributed by atoms with E-state index >= 15 is 0 Å². The average Bonchev–Trinajstić information content (AvgIpc) is 3.26. The summed E-state index contributed by atoms with van der Waals surface area (Å²) in [5.74, 6) is -0.934. The third-order valence-corrected chi connectivity index (χ3v) is 6.04. The molecule has 0 spiro atoms. The second-order valence-electron chi connectivity index (χ2n) is 8.07. The minimum Gasteiger partial charge on any atom is -0.505 e. The summed E-state index contributed by atoms with van der Waals surface area (Å²) in [5.41, 5.74) is 0.0292. The molecule has 1 heterocycles. The minimum atomic E-state index is -0.709. The molecule has 38 heavy (non-hydrogen) atoms. The van der Waals surface area contributed by atoms with Crippen LogP contribution in [0.5, 0.6) is 11.5 Å². The normalized spacial score (nSPS) is 11.3. The van der Waals surface area contributed by atoms with Gasteiger partial charge in [0.15, 0.2) is 11.4 Å². The highest BCUT2D eigenvalue weighted by atomic mass is 35.5. The van der Waals surface area contributed by atoms with Gasteiger partial charge in [0.1, 0.15) is 11.4 Å². The van der Waals surface area contributed by atoms with Crippen LogP contribution >= 0.6 is 11.6 Å². The van der Waals surface area contributed by atoms with Crippen molar-refractivity contribution in [2.75, 3.05) is 12.4 Å². The topological polar surface area (TPSA) is 175 Å².